The predicted molar refractivity (Wildman–Crippen MR) is 50.5 cm³/mol. The molecular weight excluding hydrogens is 188 g/mol. The Balaban J connectivity index is 2.45. The third-order valence-corrected chi connectivity index (χ3v) is 2.54. The lowest BCUT2D eigenvalue weighted by Crippen LogP contribution is -1.94. The molecule has 0 N–H and O–H groups in total. The lowest BCUT2D eigenvalue weighted by atomic mass is 10.7. The number of rotatable bonds is 4. The van der Waals surface area contributed by atoms with Gasteiger partial charge in [0.1, 0.15) is 5.82 Å². The van der Waals surface area contributed by atoms with Crippen molar-refractivity contribution < 1.29 is 0 Å². The van der Waals surface area contributed by atoms with E-state index in [1.807, 2.05) is 18.5 Å². The molecule has 0 bridgehead atoms. The smallest absolute Gasteiger partial charge is 0.190 e. The second kappa shape index (κ2) is 4.74. The summed E-state index contributed by atoms with van der Waals surface area (Å²) in [6.07, 6.45) is 0. The second-order valence-corrected chi connectivity index (χ2v) is 3.45. The molecule has 0 atom stereocenters. The van der Waals surface area contributed by atoms with Crippen molar-refractivity contribution >= 4 is 11.8 Å². The van der Waals surface area contributed by atoms with Gasteiger partial charge in [0, 0.05) is 24.3 Å². The van der Waals surface area contributed by atoms with E-state index in [9.17, 15) is 0 Å². The minimum Gasteiger partial charge on any atom is -0.309 e. The van der Waals surface area contributed by atoms with Crippen molar-refractivity contribution in [1.29, 1.82) is 0 Å². The van der Waals surface area contributed by atoms with E-state index in [0.717, 1.165) is 16.7 Å². The van der Waals surface area contributed by atoms with Gasteiger partial charge in [0.05, 0.1) is 0 Å². The van der Waals surface area contributed by atoms with Gasteiger partial charge >= 0.3 is 0 Å². The van der Waals surface area contributed by atoms with Crippen molar-refractivity contribution in [3.8, 4) is 0 Å². The van der Waals surface area contributed by atoms with Crippen molar-refractivity contribution in [2.24, 2.45) is 12.2 Å². The number of aryl methyl sites for hydroxylation is 1. The van der Waals surface area contributed by atoms with Crippen LogP contribution in [0.1, 0.15) is 5.82 Å². The van der Waals surface area contributed by atoms with Crippen LogP contribution in [0.3, 0.4) is 0 Å². The molecule has 0 unspecified atom stereocenters. The van der Waals surface area contributed by atoms with E-state index in [4.69, 9.17) is 5.53 Å². The molecule has 0 fully saturated rings. The van der Waals surface area contributed by atoms with E-state index in [0.29, 0.717) is 6.54 Å². The summed E-state index contributed by atoms with van der Waals surface area (Å²) < 4.78 is 1.90. The molecule has 1 heterocycles. The monoisotopic (exact) mass is 198 g/mol. The van der Waals surface area contributed by atoms with Crippen LogP contribution in [0.5, 0.6) is 0 Å². The Kier molecular flexibility index (Phi) is 3.60. The number of aromatic nitrogens is 3. The molecule has 0 aliphatic rings. The molecule has 13 heavy (non-hydrogen) atoms. The molecule has 0 saturated carbocycles. The third-order valence-electron chi connectivity index (χ3n) is 1.54. The Hall–Kier alpha value is -1.20. The standard InChI is InChI=1S/C6H10N6S/c1-5-9-10-6(12(5)2)13-4-3-8-11-7/h3-4H2,1-2H3. The molecule has 0 saturated heterocycles. The van der Waals surface area contributed by atoms with E-state index < -0.39 is 0 Å². The maximum atomic E-state index is 8.04. The van der Waals surface area contributed by atoms with Crippen molar-refractivity contribution in [2.75, 3.05) is 12.3 Å². The van der Waals surface area contributed by atoms with Crippen LogP contribution in [0.15, 0.2) is 10.3 Å². The van der Waals surface area contributed by atoms with Crippen molar-refractivity contribution in [2.45, 2.75) is 12.1 Å². The summed E-state index contributed by atoms with van der Waals surface area (Å²) in [6.45, 7) is 2.37. The Bertz CT molecular complexity index is 326. The SMILES string of the molecule is Cc1nnc(SCCN=[N+]=[N-])n1C. The summed E-state index contributed by atoms with van der Waals surface area (Å²) in [4.78, 5) is 2.66. The van der Waals surface area contributed by atoms with Crippen molar-refractivity contribution in [3.63, 3.8) is 0 Å². The predicted octanol–water partition coefficient (Wildman–Crippen LogP) is 1.53. The molecule has 1 rings (SSSR count). The minimum absolute atomic E-state index is 0.479. The fourth-order valence-corrected chi connectivity index (χ4v) is 1.52. The average Bonchev–Trinajstić information content (AvgIpc) is 2.43. The molecule has 0 aromatic carbocycles. The first-order chi connectivity index (χ1) is 6.25. The minimum atomic E-state index is 0.479. The zero-order valence-electron chi connectivity index (χ0n) is 7.51. The molecule has 0 aliphatic heterocycles. The van der Waals surface area contributed by atoms with Crippen LogP contribution >= 0.6 is 11.8 Å². The topological polar surface area (TPSA) is 79.5 Å². The van der Waals surface area contributed by atoms with Gasteiger partial charge in [-0.3, -0.25) is 0 Å². The molecular formula is C6H10N6S. The zero-order valence-corrected chi connectivity index (χ0v) is 8.32. The molecule has 0 amide bonds. The second-order valence-electron chi connectivity index (χ2n) is 2.39. The van der Waals surface area contributed by atoms with Crippen LogP contribution in [-0.4, -0.2) is 27.1 Å². The largest absolute Gasteiger partial charge is 0.309 e. The van der Waals surface area contributed by atoms with Gasteiger partial charge in [-0.15, -0.1) is 10.2 Å². The van der Waals surface area contributed by atoms with Crippen LogP contribution in [0.2, 0.25) is 0 Å². The lowest BCUT2D eigenvalue weighted by Gasteiger charge is -1.98. The van der Waals surface area contributed by atoms with Crippen LogP contribution in [0.25, 0.3) is 10.4 Å². The third kappa shape index (κ3) is 2.64. The van der Waals surface area contributed by atoms with E-state index >= 15 is 0 Å². The highest BCUT2D eigenvalue weighted by Crippen LogP contribution is 2.14. The summed E-state index contributed by atoms with van der Waals surface area (Å²) >= 11 is 1.53. The zero-order chi connectivity index (χ0) is 9.68. The number of azide groups is 1. The van der Waals surface area contributed by atoms with Gasteiger partial charge in [0.25, 0.3) is 0 Å². The molecule has 1 aromatic rings. The van der Waals surface area contributed by atoms with Gasteiger partial charge in [0.15, 0.2) is 5.16 Å². The van der Waals surface area contributed by atoms with E-state index in [1.54, 1.807) is 0 Å². The summed E-state index contributed by atoms with van der Waals surface area (Å²) in [5, 5.41) is 12.1. The maximum Gasteiger partial charge on any atom is 0.190 e. The number of thioether (sulfide) groups is 1. The fourth-order valence-electron chi connectivity index (χ4n) is 0.736. The van der Waals surface area contributed by atoms with Gasteiger partial charge in [-0.1, -0.05) is 16.9 Å². The Labute approximate surface area is 80.0 Å². The molecule has 1 aromatic heterocycles. The first-order valence-electron chi connectivity index (χ1n) is 3.75. The Morgan fingerprint density at radius 3 is 2.92 bits per heavy atom. The van der Waals surface area contributed by atoms with Crippen LogP contribution in [-0.2, 0) is 7.05 Å². The van der Waals surface area contributed by atoms with Gasteiger partial charge in [0.2, 0.25) is 0 Å². The highest BCUT2D eigenvalue weighted by Gasteiger charge is 2.03. The highest BCUT2D eigenvalue weighted by molar-refractivity contribution is 7.99. The summed E-state index contributed by atoms with van der Waals surface area (Å²) in [7, 11) is 1.91. The summed E-state index contributed by atoms with van der Waals surface area (Å²) in [6, 6.07) is 0. The molecule has 6 nitrogen and oxygen atoms in total. The fraction of sp³-hybridized carbons (Fsp3) is 0.667. The van der Waals surface area contributed by atoms with Gasteiger partial charge in [-0.2, -0.15) is 0 Å². The lowest BCUT2D eigenvalue weighted by molar-refractivity contribution is 0.765. The van der Waals surface area contributed by atoms with E-state index in [2.05, 4.69) is 20.2 Å². The van der Waals surface area contributed by atoms with Crippen LogP contribution in [0, 0.1) is 6.92 Å². The Morgan fingerprint density at radius 2 is 2.38 bits per heavy atom. The number of hydrogen-bond donors (Lipinski definition) is 0. The summed E-state index contributed by atoms with van der Waals surface area (Å²) in [5.74, 6) is 1.61. The molecule has 0 aliphatic carbocycles. The summed E-state index contributed by atoms with van der Waals surface area (Å²) in [5.41, 5.74) is 8.04. The van der Waals surface area contributed by atoms with Gasteiger partial charge in [-0.05, 0) is 12.5 Å². The number of hydrogen-bond acceptors (Lipinski definition) is 4. The van der Waals surface area contributed by atoms with Crippen molar-refractivity contribution in [1.82, 2.24) is 14.8 Å². The van der Waals surface area contributed by atoms with E-state index in [-0.39, 0.29) is 0 Å². The normalized spacial score (nSPS) is 9.69. The number of nitrogens with zero attached hydrogens (tertiary/aromatic N) is 6. The quantitative estimate of drug-likeness (QED) is 0.242. The Morgan fingerprint density at radius 1 is 1.62 bits per heavy atom. The van der Waals surface area contributed by atoms with Crippen molar-refractivity contribution in [3.05, 3.63) is 16.3 Å². The van der Waals surface area contributed by atoms with Crippen LogP contribution < -0.4 is 0 Å². The maximum absolute atomic E-state index is 8.04. The molecule has 7 heteroatoms. The van der Waals surface area contributed by atoms with E-state index in [1.165, 1.54) is 11.8 Å². The highest BCUT2D eigenvalue weighted by atomic mass is 32.2. The van der Waals surface area contributed by atoms with Crippen LogP contribution in [0.4, 0.5) is 0 Å². The first-order valence-corrected chi connectivity index (χ1v) is 4.74. The average molecular weight is 198 g/mol. The van der Waals surface area contributed by atoms with Gasteiger partial charge < -0.3 is 4.57 Å². The molecule has 0 radical (unpaired) electrons. The van der Waals surface area contributed by atoms with Gasteiger partial charge in [-0.25, -0.2) is 0 Å². The first kappa shape index (κ1) is 9.88. The molecule has 0 spiro atoms. The molecule has 70 valence electrons.